The number of nitrogens with zero attached hydrogens (tertiary/aromatic N) is 2. The third kappa shape index (κ3) is 10.6. The van der Waals surface area contributed by atoms with Gasteiger partial charge >= 0.3 is 0 Å². The largest absolute Gasteiger partial charge is 0.357 e. The predicted octanol–water partition coefficient (Wildman–Crippen LogP) is 1.69. The average Bonchev–Trinajstić information content (AvgIpc) is 2.31. The first-order valence-electron chi connectivity index (χ1n) is 6.13. The topological polar surface area (TPSA) is 39.7 Å². The highest BCUT2D eigenvalue weighted by Crippen LogP contribution is 1.86. The molecule has 0 unspecified atom stereocenters. The Labute approximate surface area is 123 Å². The van der Waals surface area contributed by atoms with Crippen LogP contribution in [0.3, 0.4) is 0 Å². The molecule has 0 rings (SSSR count). The van der Waals surface area contributed by atoms with Crippen LogP contribution in [0.1, 0.15) is 20.8 Å². The Kier molecular flexibility index (Phi) is 15.4. The molecular weight excluding hydrogens is 327 g/mol. The van der Waals surface area contributed by atoms with Gasteiger partial charge in [-0.2, -0.15) is 0 Å². The van der Waals surface area contributed by atoms with Gasteiger partial charge in [0, 0.05) is 19.6 Å². The Balaban J connectivity index is 0. The normalized spacial score (nSPS) is 10.9. The predicted molar refractivity (Wildman–Crippen MR) is 87.4 cm³/mol. The van der Waals surface area contributed by atoms with E-state index in [1.54, 1.807) is 0 Å². The summed E-state index contributed by atoms with van der Waals surface area (Å²) in [5, 5.41) is 6.38. The van der Waals surface area contributed by atoms with Gasteiger partial charge < -0.3 is 15.5 Å². The molecule has 0 bridgehead atoms. The van der Waals surface area contributed by atoms with Crippen molar-refractivity contribution >= 4 is 29.9 Å². The van der Waals surface area contributed by atoms with Crippen molar-refractivity contribution in [2.24, 2.45) is 4.99 Å². The van der Waals surface area contributed by atoms with E-state index in [4.69, 9.17) is 0 Å². The van der Waals surface area contributed by atoms with E-state index >= 15 is 0 Å². The van der Waals surface area contributed by atoms with E-state index < -0.39 is 0 Å². The number of rotatable bonds is 8. The highest BCUT2D eigenvalue weighted by molar-refractivity contribution is 14.0. The Hall–Kier alpha value is -0.300. The highest BCUT2D eigenvalue weighted by Gasteiger charge is 1.98. The molecule has 0 aliphatic heterocycles. The molecule has 2 N–H and O–H groups in total. The van der Waals surface area contributed by atoms with Crippen molar-refractivity contribution < 1.29 is 0 Å². The molecule has 4 nitrogen and oxygen atoms in total. The van der Waals surface area contributed by atoms with Crippen LogP contribution in [-0.2, 0) is 0 Å². The molecule has 0 aliphatic rings. The standard InChI is InChI=1S/C12H26N4.HI/c1-5-9-14-12(13-6-2)15-10-11-16(7-3)8-4;/h5H,1,6-11H2,2-4H3,(H2,13,14,15);1H. The average molecular weight is 354 g/mol. The lowest BCUT2D eigenvalue weighted by molar-refractivity contribution is 0.313. The van der Waals surface area contributed by atoms with E-state index in [0.29, 0.717) is 0 Å². The molecule has 0 radical (unpaired) electrons. The van der Waals surface area contributed by atoms with E-state index in [1.165, 1.54) is 0 Å². The number of hydrogen-bond donors (Lipinski definition) is 2. The second-order valence-electron chi connectivity index (χ2n) is 3.46. The fourth-order valence-electron chi connectivity index (χ4n) is 1.35. The van der Waals surface area contributed by atoms with E-state index in [1.807, 2.05) is 6.08 Å². The fourth-order valence-corrected chi connectivity index (χ4v) is 1.35. The van der Waals surface area contributed by atoms with Gasteiger partial charge in [-0.15, -0.1) is 30.6 Å². The molecule has 0 aromatic heterocycles. The summed E-state index contributed by atoms with van der Waals surface area (Å²) in [5.74, 6) is 0.870. The van der Waals surface area contributed by atoms with Crippen LogP contribution in [0.15, 0.2) is 17.6 Å². The van der Waals surface area contributed by atoms with Crippen molar-refractivity contribution in [3.63, 3.8) is 0 Å². The van der Waals surface area contributed by atoms with Crippen LogP contribution in [0.5, 0.6) is 0 Å². The van der Waals surface area contributed by atoms with Crippen molar-refractivity contribution in [3.05, 3.63) is 12.7 Å². The van der Waals surface area contributed by atoms with Gasteiger partial charge in [0.05, 0.1) is 6.54 Å². The summed E-state index contributed by atoms with van der Waals surface area (Å²) in [6.07, 6.45) is 1.83. The first-order chi connectivity index (χ1) is 7.78. The minimum atomic E-state index is 0. The van der Waals surface area contributed by atoms with E-state index in [2.05, 4.69) is 47.9 Å². The van der Waals surface area contributed by atoms with Crippen molar-refractivity contribution in [1.82, 2.24) is 15.5 Å². The van der Waals surface area contributed by atoms with E-state index in [0.717, 1.165) is 45.2 Å². The van der Waals surface area contributed by atoms with Crippen LogP contribution in [0.25, 0.3) is 0 Å². The zero-order valence-electron chi connectivity index (χ0n) is 11.3. The van der Waals surface area contributed by atoms with Crippen molar-refractivity contribution in [2.75, 3.05) is 39.3 Å². The molecule has 5 heteroatoms. The molecule has 0 saturated carbocycles. The van der Waals surface area contributed by atoms with Gasteiger partial charge in [-0.3, -0.25) is 4.99 Å². The molecule has 0 saturated heterocycles. The fraction of sp³-hybridized carbons (Fsp3) is 0.750. The lowest BCUT2D eigenvalue weighted by Gasteiger charge is -2.17. The third-order valence-electron chi connectivity index (χ3n) is 2.34. The van der Waals surface area contributed by atoms with Gasteiger partial charge in [-0.25, -0.2) is 0 Å². The summed E-state index contributed by atoms with van der Waals surface area (Å²) in [6.45, 7) is 15.7. The first kappa shape index (κ1) is 19.0. The number of nitrogens with one attached hydrogen (secondary N) is 2. The smallest absolute Gasteiger partial charge is 0.191 e. The Morgan fingerprint density at radius 2 is 1.88 bits per heavy atom. The third-order valence-corrected chi connectivity index (χ3v) is 2.34. The number of hydrogen-bond acceptors (Lipinski definition) is 2. The van der Waals surface area contributed by atoms with Crippen LogP contribution >= 0.6 is 24.0 Å². The maximum Gasteiger partial charge on any atom is 0.191 e. The van der Waals surface area contributed by atoms with Crippen LogP contribution < -0.4 is 10.6 Å². The van der Waals surface area contributed by atoms with Crippen LogP contribution in [0.4, 0.5) is 0 Å². The molecule has 0 spiro atoms. The van der Waals surface area contributed by atoms with Gasteiger partial charge in [0.25, 0.3) is 0 Å². The lowest BCUT2D eigenvalue weighted by Crippen LogP contribution is -2.38. The number of guanidine groups is 1. The van der Waals surface area contributed by atoms with Crippen molar-refractivity contribution in [1.29, 1.82) is 0 Å². The van der Waals surface area contributed by atoms with Crippen LogP contribution in [0, 0.1) is 0 Å². The van der Waals surface area contributed by atoms with Gasteiger partial charge in [-0.1, -0.05) is 19.9 Å². The summed E-state index contributed by atoms with van der Waals surface area (Å²) in [6, 6.07) is 0. The van der Waals surface area contributed by atoms with Gasteiger partial charge in [0.15, 0.2) is 5.96 Å². The van der Waals surface area contributed by atoms with E-state index in [9.17, 15) is 0 Å². The molecule has 102 valence electrons. The quantitative estimate of drug-likeness (QED) is 0.302. The molecule has 0 aliphatic carbocycles. The summed E-state index contributed by atoms with van der Waals surface area (Å²) >= 11 is 0. The van der Waals surface area contributed by atoms with Gasteiger partial charge in [0.1, 0.15) is 0 Å². The first-order valence-corrected chi connectivity index (χ1v) is 6.13. The molecular formula is C12H27IN4. The minimum Gasteiger partial charge on any atom is -0.357 e. The summed E-state index contributed by atoms with van der Waals surface area (Å²) < 4.78 is 0. The molecule has 0 heterocycles. The lowest BCUT2D eigenvalue weighted by atomic mass is 10.5. The zero-order valence-corrected chi connectivity index (χ0v) is 13.7. The molecule has 0 amide bonds. The Morgan fingerprint density at radius 1 is 1.24 bits per heavy atom. The maximum absolute atomic E-state index is 4.49. The second kappa shape index (κ2) is 13.8. The second-order valence-corrected chi connectivity index (χ2v) is 3.46. The van der Waals surface area contributed by atoms with Crippen LogP contribution in [0.2, 0.25) is 0 Å². The summed E-state index contributed by atoms with van der Waals surface area (Å²) in [4.78, 5) is 6.85. The van der Waals surface area contributed by atoms with E-state index in [-0.39, 0.29) is 24.0 Å². The zero-order chi connectivity index (χ0) is 12.2. The minimum absolute atomic E-state index is 0. The molecule has 0 aromatic rings. The summed E-state index contributed by atoms with van der Waals surface area (Å²) in [7, 11) is 0. The monoisotopic (exact) mass is 354 g/mol. The molecule has 17 heavy (non-hydrogen) atoms. The number of likely N-dealkylation sites (N-methyl/N-ethyl adjacent to an activating group) is 1. The Morgan fingerprint density at radius 3 is 2.35 bits per heavy atom. The molecule has 0 aromatic carbocycles. The summed E-state index contributed by atoms with van der Waals surface area (Å²) in [5.41, 5.74) is 0. The number of aliphatic imine (C=N–C) groups is 1. The van der Waals surface area contributed by atoms with Gasteiger partial charge in [-0.05, 0) is 20.0 Å². The SMILES string of the molecule is C=CCNC(=NCCN(CC)CC)NCC.I. The molecule has 0 atom stereocenters. The maximum atomic E-state index is 4.49. The highest BCUT2D eigenvalue weighted by atomic mass is 127. The number of halogens is 1. The van der Waals surface area contributed by atoms with Crippen LogP contribution in [-0.4, -0.2) is 50.1 Å². The molecule has 0 fully saturated rings. The van der Waals surface area contributed by atoms with Crippen molar-refractivity contribution in [2.45, 2.75) is 20.8 Å². The van der Waals surface area contributed by atoms with Gasteiger partial charge in [0.2, 0.25) is 0 Å². The van der Waals surface area contributed by atoms with Crippen molar-refractivity contribution in [3.8, 4) is 0 Å². The Bertz CT molecular complexity index is 203.